The van der Waals surface area contributed by atoms with E-state index in [0.717, 1.165) is 31.1 Å². The molecule has 1 saturated carbocycles. The Morgan fingerprint density at radius 1 is 1.29 bits per heavy atom. The van der Waals surface area contributed by atoms with Gasteiger partial charge >= 0.3 is 0 Å². The molecular weight excluding hydrogens is 306 g/mol. The SMILES string of the molecule is CCN(CC)CCNS(=O)(=O)c1ccc(CNC2CC2)s1. The van der Waals surface area contributed by atoms with E-state index in [9.17, 15) is 8.42 Å². The first-order valence-corrected chi connectivity index (χ1v) is 9.89. The summed E-state index contributed by atoms with van der Waals surface area (Å²) in [6.07, 6.45) is 2.48. The number of nitrogens with one attached hydrogen (secondary N) is 2. The highest BCUT2D eigenvalue weighted by atomic mass is 32.2. The van der Waals surface area contributed by atoms with Crippen molar-refractivity contribution in [1.29, 1.82) is 0 Å². The Labute approximate surface area is 131 Å². The number of sulfonamides is 1. The van der Waals surface area contributed by atoms with Gasteiger partial charge in [0.05, 0.1) is 0 Å². The van der Waals surface area contributed by atoms with Crippen LogP contribution < -0.4 is 10.0 Å². The molecule has 0 atom stereocenters. The third-order valence-electron chi connectivity index (χ3n) is 3.66. The molecule has 2 rings (SSSR count). The zero-order valence-electron chi connectivity index (χ0n) is 12.8. The largest absolute Gasteiger partial charge is 0.309 e. The molecule has 0 aromatic carbocycles. The topological polar surface area (TPSA) is 61.4 Å². The van der Waals surface area contributed by atoms with Crippen molar-refractivity contribution in [3.05, 3.63) is 17.0 Å². The van der Waals surface area contributed by atoms with Gasteiger partial charge in [-0.25, -0.2) is 13.1 Å². The first-order chi connectivity index (χ1) is 10.0. The van der Waals surface area contributed by atoms with Crippen LogP contribution in [0.5, 0.6) is 0 Å². The standard InChI is InChI=1S/C14H25N3O2S2/c1-3-17(4-2)10-9-16-21(18,19)14-8-7-13(20-14)11-15-12-5-6-12/h7-8,12,15-16H,3-6,9-11H2,1-2H3. The minimum Gasteiger partial charge on any atom is -0.309 e. The van der Waals surface area contributed by atoms with Gasteiger partial charge in [0.25, 0.3) is 0 Å². The Kier molecular flexibility index (Phi) is 6.19. The van der Waals surface area contributed by atoms with Gasteiger partial charge in [0.1, 0.15) is 4.21 Å². The highest BCUT2D eigenvalue weighted by Crippen LogP contribution is 2.24. The predicted molar refractivity (Wildman–Crippen MR) is 87.2 cm³/mol. The zero-order chi connectivity index (χ0) is 15.3. The molecule has 5 nitrogen and oxygen atoms in total. The van der Waals surface area contributed by atoms with Crippen LogP contribution in [-0.4, -0.2) is 45.5 Å². The van der Waals surface area contributed by atoms with E-state index in [1.54, 1.807) is 6.07 Å². The Morgan fingerprint density at radius 3 is 2.62 bits per heavy atom. The average Bonchev–Trinajstić information content (AvgIpc) is 3.17. The van der Waals surface area contributed by atoms with E-state index in [1.807, 2.05) is 6.07 Å². The fourth-order valence-electron chi connectivity index (χ4n) is 2.08. The molecule has 0 unspecified atom stereocenters. The Bertz CT molecular complexity index is 534. The lowest BCUT2D eigenvalue weighted by Gasteiger charge is -2.17. The van der Waals surface area contributed by atoms with E-state index >= 15 is 0 Å². The molecule has 0 radical (unpaired) electrons. The van der Waals surface area contributed by atoms with Crippen molar-refractivity contribution in [2.24, 2.45) is 0 Å². The average molecular weight is 332 g/mol. The summed E-state index contributed by atoms with van der Waals surface area (Å²) in [6.45, 7) is 8.00. The van der Waals surface area contributed by atoms with Crippen molar-refractivity contribution in [1.82, 2.24) is 14.9 Å². The summed E-state index contributed by atoms with van der Waals surface area (Å²) < 4.78 is 27.5. The molecule has 120 valence electrons. The van der Waals surface area contributed by atoms with E-state index in [4.69, 9.17) is 0 Å². The molecule has 0 spiro atoms. The molecule has 1 aliphatic carbocycles. The number of hydrogen-bond acceptors (Lipinski definition) is 5. The molecule has 0 bridgehead atoms. The van der Waals surface area contributed by atoms with E-state index in [-0.39, 0.29) is 0 Å². The van der Waals surface area contributed by atoms with Crippen molar-refractivity contribution >= 4 is 21.4 Å². The Hall–Kier alpha value is -0.470. The summed E-state index contributed by atoms with van der Waals surface area (Å²) in [7, 11) is -3.36. The lowest BCUT2D eigenvalue weighted by Crippen LogP contribution is -2.34. The summed E-state index contributed by atoms with van der Waals surface area (Å²) >= 11 is 1.35. The third-order valence-corrected chi connectivity index (χ3v) is 6.70. The molecule has 1 heterocycles. The molecule has 0 aliphatic heterocycles. The maximum Gasteiger partial charge on any atom is 0.250 e. The van der Waals surface area contributed by atoms with Gasteiger partial charge in [0, 0.05) is 30.6 Å². The van der Waals surface area contributed by atoms with Gasteiger partial charge in [0.2, 0.25) is 10.0 Å². The van der Waals surface area contributed by atoms with Crippen LogP contribution in [0.1, 0.15) is 31.6 Å². The number of rotatable bonds is 10. The highest BCUT2D eigenvalue weighted by molar-refractivity contribution is 7.91. The van der Waals surface area contributed by atoms with Crippen LogP contribution in [0.4, 0.5) is 0 Å². The lowest BCUT2D eigenvalue weighted by molar-refractivity contribution is 0.309. The molecule has 0 amide bonds. The van der Waals surface area contributed by atoms with Crippen LogP contribution in [0.25, 0.3) is 0 Å². The summed E-state index contributed by atoms with van der Waals surface area (Å²) in [4.78, 5) is 3.27. The Balaban J connectivity index is 1.83. The number of likely N-dealkylation sites (N-methyl/N-ethyl adjacent to an activating group) is 1. The van der Waals surface area contributed by atoms with E-state index < -0.39 is 10.0 Å². The van der Waals surface area contributed by atoms with Crippen LogP contribution >= 0.6 is 11.3 Å². The maximum atomic E-state index is 12.2. The maximum absolute atomic E-state index is 12.2. The van der Waals surface area contributed by atoms with Crippen LogP contribution in [0.2, 0.25) is 0 Å². The smallest absolute Gasteiger partial charge is 0.250 e. The minimum atomic E-state index is -3.36. The van der Waals surface area contributed by atoms with E-state index in [2.05, 4.69) is 28.8 Å². The second-order valence-corrected chi connectivity index (χ2v) is 8.46. The Morgan fingerprint density at radius 2 is 2.00 bits per heavy atom. The van der Waals surface area contributed by atoms with Crippen LogP contribution in [0.15, 0.2) is 16.3 Å². The monoisotopic (exact) mass is 331 g/mol. The fourth-order valence-corrected chi connectivity index (χ4v) is 4.45. The van der Waals surface area contributed by atoms with Crippen LogP contribution in [-0.2, 0) is 16.6 Å². The van der Waals surface area contributed by atoms with Gasteiger partial charge in [-0.15, -0.1) is 11.3 Å². The molecule has 1 aromatic rings. The quantitative estimate of drug-likeness (QED) is 0.684. The van der Waals surface area contributed by atoms with Gasteiger partial charge in [-0.05, 0) is 38.1 Å². The minimum absolute atomic E-state index is 0.412. The second-order valence-electron chi connectivity index (χ2n) is 5.30. The zero-order valence-corrected chi connectivity index (χ0v) is 14.4. The van der Waals surface area contributed by atoms with Crippen molar-refractivity contribution in [3.8, 4) is 0 Å². The lowest BCUT2D eigenvalue weighted by atomic mass is 10.4. The normalized spacial score (nSPS) is 15.8. The van der Waals surface area contributed by atoms with Crippen LogP contribution in [0.3, 0.4) is 0 Å². The van der Waals surface area contributed by atoms with Crippen molar-refractivity contribution in [2.45, 2.75) is 43.5 Å². The number of thiophene rings is 1. The first kappa shape index (κ1) is 16.9. The molecule has 2 N–H and O–H groups in total. The fraction of sp³-hybridized carbons (Fsp3) is 0.714. The highest BCUT2D eigenvalue weighted by Gasteiger charge is 2.21. The molecular formula is C14H25N3O2S2. The van der Waals surface area contributed by atoms with E-state index in [0.29, 0.717) is 16.8 Å². The van der Waals surface area contributed by atoms with Crippen molar-refractivity contribution < 1.29 is 8.42 Å². The van der Waals surface area contributed by atoms with Crippen molar-refractivity contribution in [2.75, 3.05) is 26.2 Å². The molecule has 1 aliphatic rings. The molecule has 21 heavy (non-hydrogen) atoms. The summed E-state index contributed by atoms with van der Waals surface area (Å²) in [5, 5.41) is 3.40. The number of hydrogen-bond donors (Lipinski definition) is 2. The van der Waals surface area contributed by atoms with E-state index in [1.165, 1.54) is 24.2 Å². The van der Waals surface area contributed by atoms with Gasteiger partial charge in [-0.2, -0.15) is 0 Å². The molecule has 7 heteroatoms. The second kappa shape index (κ2) is 7.69. The van der Waals surface area contributed by atoms with Gasteiger partial charge in [-0.1, -0.05) is 13.8 Å². The molecule has 1 fully saturated rings. The van der Waals surface area contributed by atoms with Gasteiger partial charge in [-0.3, -0.25) is 0 Å². The van der Waals surface area contributed by atoms with Crippen LogP contribution in [0, 0.1) is 0 Å². The van der Waals surface area contributed by atoms with Gasteiger partial charge < -0.3 is 10.2 Å². The first-order valence-electron chi connectivity index (χ1n) is 7.59. The summed E-state index contributed by atoms with van der Waals surface area (Å²) in [5.74, 6) is 0. The number of nitrogens with zero attached hydrogens (tertiary/aromatic N) is 1. The third kappa shape index (κ3) is 5.34. The van der Waals surface area contributed by atoms with Crippen molar-refractivity contribution in [3.63, 3.8) is 0 Å². The predicted octanol–water partition coefficient (Wildman–Crippen LogP) is 1.62. The van der Waals surface area contributed by atoms with Gasteiger partial charge in [0.15, 0.2) is 0 Å². The summed E-state index contributed by atoms with van der Waals surface area (Å²) in [6, 6.07) is 4.24. The molecule has 1 aromatic heterocycles. The molecule has 0 saturated heterocycles. The summed E-state index contributed by atoms with van der Waals surface area (Å²) in [5.41, 5.74) is 0.